The average Bonchev–Trinajstić information content (AvgIpc) is 2.69. The molecule has 0 fully saturated rings. The second-order valence-electron chi connectivity index (χ2n) is 4.11. The largest absolute Gasteiger partial charge is 0.411 e. The normalized spacial score (nSPS) is 11.8. The van der Waals surface area contributed by atoms with Crippen molar-refractivity contribution in [1.82, 2.24) is 4.98 Å². The second kappa shape index (κ2) is 7.27. The third-order valence-corrected chi connectivity index (χ3v) is 3.81. The van der Waals surface area contributed by atoms with E-state index in [1.165, 1.54) is 25.7 Å². The number of nitrogens with one attached hydrogen (secondary N) is 1. The minimum atomic E-state index is 0.624. The van der Waals surface area contributed by atoms with E-state index < -0.39 is 0 Å². The molecule has 0 aliphatic heterocycles. The standard InChI is InChI=1S/C12H21N3OS/c1-4-5-6-7-8-13-12-14-9(2)11(17-12)10(3)15-16/h16H,4-8H2,1-3H3,(H,13,14). The highest BCUT2D eigenvalue weighted by Crippen LogP contribution is 2.23. The van der Waals surface area contributed by atoms with Gasteiger partial charge in [-0.05, 0) is 20.3 Å². The van der Waals surface area contributed by atoms with Crippen molar-refractivity contribution >= 4 is 22.2 Å². The van der Waals surface area contributed by atoms with Crippen LogP contribution in [0.25, 0.3) is 0 Å². The minimum Gasteiger partial charge on any atom is -0.411 e. The van der Waals surface area contributed by atoms with Crippen LogP contribution in [-0.4, -0.2) is 22.4 Å². The van der Waals surface area contributed by atoms with Gasteiger partial charge in [-0.1, -0.05) is 42.7 Å². The summed E-state index contributed by atoms with van der Waals surface area (Å²) in [7, 11) is 0. The van der Waals surface area contributed by atoms with Gasteiger partial charge in [-0.2, -0.15) is 0 Å². The van der Waals surface area contributed by atoms with E-state index in [1.54, 1.807) is 18.3 Å². The molecule has 0 saturated heterocycles. The van der Waals surface area contributed by atoms with Crippen LogP contribution in [0.1, 0.15) is 50.1 Å². The van der Waals surface area contributed by atoms with Crippen molar-refractivity contribution < 1.29 is 5.21 Å². The van der Waals surface area contributed by atoms with Crippen LogP contribution in [0.3, 0.4) is 0 Å². The lowest BCUT2D eigenvalue weighted by Gasteiger charge is -2.01. The van der Waals surface area contributed by atoms with Gasteiger partial charge >= 0.3 is 0 Å². The van der Waals surface area contributed by atoms with Crippen molar-refractivity contribution in [2.45, 2.75) is 46.5 Å². The van der Waals surface area contributed by atoms with Gasteiger partial charge in [0, 0.05) is 6.54 Å². The highest BCUT2D eigenvalue weighted by atomic mass is 32.1. The number of nitrogens with zero attached hydrogens (tertiary/aromatic N) is 2. The van der Waals surface area contributed by atoms with E-state index in [9.17, 15) is 0 Å². The van der Waals surface area contributed by atoms with Gasteiger partial charge in [0.25, 0.3) is 0 Å². The van der Waals surface area contributed by atoms with Gasteiger partial charge in [-0.25, -0.2) is 4.98 Å². The summed E-state index contributed by atoms with van der Waals surface area (Å²) in [6, 6.07) is 0. The van der Waals surface area contributed by atoms with E-state index in [0.717, 1.165) is 22.2 Å². The van der Waals surface area contributed by atoms with Crippen LogP contribution in [0, 0.1) is 6.92 Å². The highest BCUT2D eigenvalue weighted by Gasteiger charge is 2.09. The van der Waals surface area contributed by atoms with E-state index in [4.69, 9.17) is 5.21 Å². The Labute approximate surface area is 107 Å². The molecule has 0 unspecified atom stereocenters. The zero-order valence-corrected chi connectivity index (χ0v) is 11.6. The second-order valence-corrected chi connectivity index (χ2v) is 5.11. The van der Waals surface area contributed by atoms with Gasteiger partial charge < -0.3 is 10.5 Å². The topological polar surface area (TPSA) is 57.5 Å². The van der Waals surface area contributed by atoms with Gasteiger partial charge in [0.2, 0.25) is 0 Å². The van der Waals surface area contributed by atoms with Crippen LogP contribution in [0.2, 0.25) is 0 Å². The molecular weight excluding hydrogens is 234 g/mol. The lowest BCUT2D eigenvalue weighted by atomic mass is 10.2. The van der Waals surface area contributed by atoms with E-state index >= 15 is 0 Å². The number of aryl methyl sites for hydroxylation is 1. The van der Waals surface area contributed by atoms with Crippen molar-refractivity contribution in [3.8, 4) is 0 Å². The molecule has 0 aromatic carbocycles. The molecule has 1 aromatic heterocycles. The maximum Gasteiger partial charge on any atom is 0.183 e. The maximum absolute atomic E-state index is 8.74. The fourth-order valence-electron chi connectivity index (χ4n) is 1.60. The Morgan fingerprint density at radius 1 is 1.41 bits per heavy atom. The molecule has 0 saturated carbocycles. The average molecular weight is 255 g/mol. The molecule has 1 heterocycles. The Hall–Kier alpha value is -1.10. The van der Waals surface area contributed by atoms with Crippen LogP contribution in [0.15, 0.2) is 5.16 Å². The summed E-state index contributed by atoms with van der Waals surface area (Å²) in [6.07, 6.45) is 4.99. The molecule has 1 aromatic rings. The maximum atomic E-state index is 8.74. The summed E-state index contributed by atoms with van der Waals surface area (Å²) >= 11 is 1.54. The van der Waals surface area contributed by atoms with Crippen molar-refractivity contribution in [2.24, 2.45) is 5.16 Å². The quantitative estimate of drug-likeness (QED) is 0.338. The van der Waals surface area contributed by atoms with E-state index in [2.05, 4.69) is 22.4 Å². The fourth-order valence-corrected chi connectivity index (χ4v) is 2.53. The SMILES string of the molecule is CCCCCCNc1nc(C)c(C(C)=NO)s1. The van der Waals surface area contributed by atoms with Crippen molar-refractivity contribution in [3.05, 3.63) is 10.6 Å². The number of hydrogen-bond donors (Lipinski definition) is 2. The number of aromatic nitrogens is 1. The zero-order chi connectivity index (χ0) is 12.7. The number of anilines is 1. The lowest BCUT2D eigenvalue weighted by Crippen LogP contribution is -2.00. The number of unbranched alkanes of at least 4 members (excludes halogenated alkanes) is 3. The van der Waals surface area contributed by atoms with Crippen molar-refractivity contribution in [1.29, 1.82) is 0 Å². The summed E-state index contributed by atoms with van der Waals surface area (Å²) < 4.78 is 0. The molecule has 0 bridgehead atoms. The molecule has 5 heteroatoms. The van der Waals surface area contributed by atoms with Crippen LogP contribution >= 0.6 is 11.3 Å². The predicted octanol–water partition coefficient (Wildman–Crippen LogP) is 3.64. The molecule has 17 heavy (non-hydrogen) atoms. The molecule has 0 atom stereocenters. The molecule has 1 rings (SSSR count). The Morgan fingerprint density at radius 2 is 2.18 bits per heavy atom. The zero-order valence-electron chi connectivity index (χ0n) is 10.8. The molecule has 4 nitrogen and oxygen atoms in total. The molecule has 0 aliphatic rings. The summed E-state index contributed by atoms with van der Waals surface area (Å²) in [6.45, 7) is 6.89. The Balaban J connectivity index is 2.45. The number of rotatable bonds is 7. The van der Waals surface area contributed by atoms with E-state index in [1.807, 2.05) is 6.92 Å². The highest BCUT2D eigenvalue weighted by molar-refractivity contribution is 7.17. The Morgan fingerprint density at radius 3 is 2.82 bits per heavy atom. The lowest BCUT2D eigenvalue weighted by molar-refractivity contribution is 0.319. The molecule has 0 amide bonds. The third kappa shape index (κ3) is 4.34. The monoisotopic (exact) mass is 255 g/mol. The summed E-state index contributed by atoms with van der Waals surface area (Å²) in [5.74, 6) is 0. The molecule has 2 N–H and O–H groups in total. The van der Waals surface area contributed by atoms with Gasteiger partial charge in [0.15, 0.2) is 5.13 Å². The van der Waals surface area contributed by atoms with Gasteiger partial charge in [0.1, 0.15) is 0 Å². The van der Waals surface area contributed by atoms with Crippen LogP contribution < -0.4 is 5.32 Å². The third-order valence-electron chi connectivity index (χ3n) is 2.58. The molecule has 96 valence electrons. The van der Waals surface area contributed by atoms with Gasteiger partial charge in [-0.15, -0.1) is 0 Å². The smallest absolute Gasteiger partial charge is 0.183 e. The first kappa shape index (κ1) is 14.0. The molecular formula is C12H21N3OS. The first-order valence-corrected chi connectivity index (χ1v) is 6.91. The number of thiazole rings is 1. The van der Waals surface area contributed by atoms with E-state index in [0.29, 0.717) is 5.71 Å². The van der Waals surface area contributed by atoms with Crippen molar-refractivity contribution in [2.75, 3.05) is 11.9 Å². The fraction of sp³-hybridized carbons (Fsp3) is 0.667. The first-order chi connectivity index (χ1) is 8.19. The van der Waals surface area contributed by atoms with Gasteiger partial charge in [-0.3, -0.25) is 0 Å². The summed E-state index contributed by atoms with van der Waals surface area (Å²) in [4.78, 5) is 5.36. The predicted molar refractivity (Wildman–Crippen MR) is 73.5 cm³/mol. The van der Waals surface area contributed by atoms with Gasteiger partial charge in [0.05, 0.1) is 16.3 Å². The first-order valence-electron chi connectivity index (χ1n) is 6.09. The molecule has 0 aliphatic carbocycles. The van der Waals surface area contributed by atoms with Crippen LogP contribution in [-0.2, 0) is 0 Å². The number of oxime groups is 1. The number of hydrogen-bond acceptors (Lipinski definition) is 5. The Bertz CT molecular complexity index is 374. The van der Waals surface area contributed by atoms with Crippen LogP contribution in [0.4, 0.5) is 5.13 Å². The minimum absolute atomic E-state index is 0.624. The van der Waals surface area contributed by atoms with Crippen molar-refractivity contribution in [3.63, 3.8) is 0 Å². The summed E-state index contributed by atoms with van der Waals surface area (Å²) in [5, 5.41) is 16.2. The molecule has 0 spiro atoms. The summed E-state index contributed by atoms with van der Waals surface area (Å²) in [5.41, 5.74) is 1.54. The van der Waals surface area contributed by atoms with Crippen LogP contribution in [0.5, 0.6) is 0 Å². The van der Waals surface area contributed by atoms with E-state index in [-0.39, 0.29) is 0 Å². The Kier molecular flexibility index (Phi) is 5.97. The molecule has 0 radical (unpaired) electrons.